The van der Waals surface area contributed by atoms with Crippen molar-refractivity contribution in [3.8, 4) is 0 Å². The Bertz CT molecular complexity index is 574. The van der Waals surface area contributed by atoms with Crippen LogP contribution < -0.4 is 10.6 Å². The summed E-state index contributed by atoms with van der Waals surface area (Å²) < 4.78 is 0. The molecular formula is C13H11ClN2OS. The minimum atomic E-state index is -0.334. The van der Waals surface area contributed by atoms with E-state index >= 15 is 0 Å². The predicted octanol–water partition coefficient (Wildman–Crippen LogP) is 4.27. The lowest BCUT2D eigenvalue weighted by Crippen LogP contribution is -2.19. The molecule has 3 nitrogen and oxygen atoms in total. The standard InChI is InChI=1S/C13H11ClN2OS/c14-9-4-3-5-10(8-9)15-13(17)16-11-6-1-2-7-12(11)18/h1-8,18H,(H2,15,16,17). The number of anilines is 2. The Labute approximate surface area is 116 Å². The zero-order chi connectivity index (χ0) is 13.0. The summed E-state index contributed by atoms with van der Waals surface area (Å²) in [5, 5.41) is 5.97. The van der Waals surface area contributed by atoms with Crippen LogP contribution in [-0.4, -0.2) is 6.03 Å². The number of halogens is 1. The molecule has 0 atom stereocenters. The van der Waals surface area contributed by atoms with E-state index in [1.807, 2.05) is 12.1 Å². The zero-order valence-electron chi connectivity index (χ0n) is 9.35. The molecule has 0 saturated carbocycles. The molecule has 18 heavy (non-hydrogen) atoms. The maximum absolute atomic E-state index is 11.7. The SMILES string of the molecule is O=C(Nc1cccc(Cl)c1)Nc1ccccc1S. The Morgan fingerprint density at radius 3 is 2.56 bits per heavy atom. The maximum Gasteiger partial charge on any atom is 0.323 e. The van der Waals surface area contributed by atoms with Gasteiger partial charge in [-0.25, -0.2) is 4.79 Å². The molecule has 0 aliphatic heterocycles. The molecule has 0 bridgehead atoms. The smallest absolute Gasteiger partial charge is 0.308 e. The molecule has 0 heterocycles. The molecule has 0 spiro atoms. The summed E-state index contributed by atoms with van der Waals surface area (Å²) in [5.74, 6) is 0. The van der Waals surface area contributed by atoms with Crippen molar-refractivity contribution in [2.75, 3.05) is 10.6 Å². The Kier molecular flexibility index (Phi) is 4.12. The van der Waals surface area contributed by atoms with Gasteiger partial charge in [-0.3, -0.25) is 0 Å². The summed E-state index contributed by atoms with van der Waals surface area (Å²) in [7, 11) is 0. The molecule has 2 aromatic rings. The molecule has 92 valence electrons. The number of amides is 2. The minimum absolute atomic E-state index is 0.334. The van der Waals surface area contributed by atoms with Crippen molar-refractivity contribution in [3.05, 3.63) is 53.6 Å². The van der Waals surface area contributed by atoms with Crippen LogP contribution in [0.5, 0.6) is 0 Å². The van der Waals surface area contributed by atoms with Crippen LogP contribution in [-0.2, 0) is 0 Å². The highest BCUT2D eigenvalue weighted by atomic mass is 35.5. The number of rotatable bonds is 2. The van der Waals surface area contributed by atoms with Crippen LogP contribution in [0.25, 0.3) is 0 Å². The molecule has 0 aliphatic carbocycles. The Hall–Kier alpha value is -1.65. The van der Waals surface area contributed by atoms with Gasteiger partial charge in [-0.05, 0) is 30.3 Å². The van der Waals surface area contributed by atoms with Crippen LogP contribution in [0.3, 0.4) is 0 Å². The van der Waals surface area contributed by atoms with Gasteiger partial charge in [-0.2, -0.15) is 0 Å². The summed E-state index contributed by atoms with van der Waals surface area (Å²) in [5.41, 5.74) is 1.29. The first kappa shape index (κ1) is 12.8. The number of hydrogen-bond donors (Lipinski definition) is 3. The van der Waals surface area contributed by atoms with E-state index in [1.54, 1.807) is 36.4 Å². The topological polar surface area (TPSA) is 41.1 Å². The molecule has 2 aromatic carbocycles. The van der Waals surface area contributed by atoms with Crippen LogP contribution in [0.1, 0.15) is 0 Å². The van der Waals surface area contributed by atoms with Gasteiger partial charge in [0.1, 0.15) is 0 Å². The molecule has 5 heteroatoms. The first-order valence-corrected chi connectivity index (χ1v) is 6.09. The van der Waals surface area contributed by atoms with Crippen LogP contribution >= 0.6 is 24.2 Å². The molecule has 0 unspecified atom stereocenters. The maximum atomic E-state index is 11.7. The first-order chi connectivity index (χ1) is 8.65. The molecular weight excluding hydrogens is 268 g/mol. The van der Waals surface area contributed by atoms with E-state index in [0.717, 1.165) is 0 Å². The van der Waals surface area contributed by atoms with E-state index in [9.17, 15) is 4.79 Å². The fourth-order valence-corrected chi connectivity index (χ4v) is 1.84. The lowest BCUT2D eigenvalue weighted by molar-refractivity contribution is 0.262. The third-order valence-electron chi connectivity index (χ3n) is 2.23. The second kappa shape index (κ2) is 5.80. The van der Waals surface area contributed by atoms with E-state index in [0.29, 0.717) is 21.3 Å². The Morgan fingerprint density at radius 2 is 1.83 bits per heavy atom. The summed E-state index contributed by atoms with van der Waals surface area (Å²) in [6.45, 7) is 0. The van der Waals surface area contributed by atoms with Crippen molar-refractivity contribution < 1.29 is 4.79 Å². The molecule has 2 rings (SSSR count). The van der Waals surface area contributed by atoms with Crippen molar-refractivity contribution >= 4 is 41.6 Å². The third kappa shape index (κ3) is 3.42. The molecule has 2 N–H and O–H groups in total. The normalized spacial score (nSPS) is 9.89. The van der Waals surface area contributed by atoms with Crippen molar-refractivity contribution in [2.45, 2.75) is 4.90 Å². The minimum Gasteiger partial charge on any atom is -0.308 e. The van der Waals surface area contributed by atoms with Gasteiger partial charge in [-0.15, -0.1) is 12.6 Å². The van der Waals surface area contributed by atoms with E-state index in [1.165, 1.54) is 0 Å². The van der Waals surface area contributed by atoms with Gasteiger partial charge >= 0.3 is 6.03 Å². The molecule has 0 aliphatic rings. The molecule has 0 fully saturated rings. The fourth-order valence-electron chi connectivity index (χ4n) is 1.43. The summed E-state index contributed by atoms with van der Waals surface area (Å²) in [6, 6.07) is 13.9. The van der Waals surface area contributed by atoms with Crippen molar-refractivity contribution in [3.63, 3.8) is 0 Å². The van der Waals surface area contributed by atoms with Crippen molar-refractivity contribution in [1.29, 1.82) is 0 Å². The number of carbonyl (C=O) groups excluding carboxylic acids is 1. The molecule has 0 saturated heterocycles. The summed E-state index contributed by atoms with van der Waals surface area (Å²) >= 11 is 10.1. The lowest BCUT2D eigenvalue weighted by atomic mass is 10.3. The second-order valence-electron chi connectivity index (χ2n) is 3.61. The Balaban J connectivity index is 2.03. The van der Waals surface area contributed by atoms with Crippen molar-refractivity contribution in [2.24, 2.45) is 0 Å². The quantitative estimate of drug-likeness (QED) is 0.706. The van der Waals surface area contributed by atoms with Gasteiger partial charge in [-0.1, -0.05) is 29.8 Å². The molecule has 0 radical (unpaired) electrons. The van der Waals surface area contributed by atoms with Gasteiger partial charge in [0.25, 0.3) is 0 Å². The van der Waals surface area contributed by atoms with Gasteiger partial charge in [0.15, 0.2) is 0 Å². The van der Waals surface area contributed by atoms with Crippen LogP contribution in [0, 0.1) is 0 Å². The third-order valence-corrected chi connectivity index (χ3v) is 2.86. The zero-order valence-corrected chi connectivity index (χ0v) is 11.0. The highest BCUT2D eigenvalue weighted by Gasteiger charge is 2.04. The van der Waals surface area contributed by atoms with E-state index in [4.69, 9.17) is 11.6 Å². The monoisotopic (exact) mass is 278 g/mol. The number of hydrogen-bond acceptors (Lipinski definition) is 2. The highest BCUT2D eigenvalue weighted by molar-refractivity contribution is 7.80. The van der Waals surface area contributed by atoms with Gasteiger partial charge in [0.2, 0.25) is 0 Å². The van der Waals surface area contributed by atoms with Crippen LogP contribution in [0.4, 0.5) is 16.2 Å². The molecule has 2 amide bonds. The van der Waals surface area contributed by atoms with Crippen molar-refractivity contribution in [1.82, 2.24) is 0 Å². The van der Waals surface area contributed by atoms with Gasteiger partial charge < -0.3 is 10.6 Å². The lowest BCUT2D eigenvalue weighted by Gasteiger charge is -2.09. The first-order valence-electron chi connectivity index (χ1n) is 5.27. The van der Waals surface area contributed by atoms with Gasteiger partial charge in [0, 0.05) is 15.6 Å². The van der Waals surface area contributed by atoms with E-state index in [-0.39, 0.29) is 6.03 Å². The average molecular weight is 279 g/mol. The van der Waals surface area contributed by atoms with E-state index < -0.39 is 0 Å². The highest BCUT2D eigenvalue weighted by Crippen LogP contribution is 2.19. The largest absolute Gasteiger partial charge is 0.323 e. The number of benzene rings is 2. The Morgan fingerprint density at radius 1 is 1.06 bits per heavy atom. The average Bonchev–Trinajstić information content (AvgIpc) is 2.32. The van der Waals surface area contributed by atoms with E-state index in [2.05, 4.69) is 23.3 Å². The molecule has 0 aromatic heterocycles. The summed E-state index contributed by atoms with van der Waals surface area (Å²) in [6.07, 6.45) is 0. The number of thiol groups is 1. The fraction of sp³-hybridized carbons (Fsp3) is 0. The number of para-hydroxylation sites is 1. The number of nitrogens with one attached hydrogen (secondary N) is 2. The van der Waals surface area contributed by atoms with Crippen LogP contribution in [0.2, 0.25) is 5.02 Å². The summed E-state index contributed by atoms with van der Waals surface area (Å²) in [4.78, 5) is 12.5. The van der Waals surface area contributed by atoms with Crippen LogP contribution in [0.15, 0.2) is 53.4 Å². The predicted molar refractivity (Wildman–Crippen MR) is 77.8 cm³/mol. The van der Waals surface area contributed by atoms with Gasteiger partial charge in [0.05, 0.1) is 5.69 Å². The second-order valence-corrected chi connectivity index (χ2v) is 4.52. The number of carbonyl (C=O) groups is 1. The number of urea groups is 1.